The molecule has 0 saturated carbocycles. The molecule has 0 aromatic carbocycles. The number of hydrogen-bond donors (Lipinski definition) is 2. The van der Waals surface area contributed by atoms with E-state index in [9.17, 15) is 0 Å². The van der Waals surface area contributed by atoms with Gasteiger partial charge in [-0.15, -0.1) is 0 Å². The zero-order valence-corrected chi connectivity index (χ0v) is 28.6. The molecule has 8 bridgehead atoms. The topological polar surface area (TPSA) is 57.4 Å². The fourth-order valence-electron chi connectivity index (χ4n) is 7.10. The van der Waals surface area contributed by atoms with Crippen LogP contribution in [0.1, 0.15) is 126 Å². The summed E-state index contributed by atoms with van der Waals surface area (Å²) in [5.74, 6) is 0. The van der Waals surface area contributed by atoms with Gasteiger partial charge in [0.25, 0.3) is 0 Å². The van der Waals surface area contributed by atoms with Crippen LogP contribution in [0, 0.1) is 0 Å². The van der Waals surface area contributed by atoms with Gasteiger partial charge in [0, 0.05) is 22.1 Å². The molecular weight excluding hydrogens is 579 g/mol. The summed E-state index contributed by atoms with van der Waals surface area (Å²) in [5.41, 5.74) is 20.2. The minimum atomic E-state index is 0.974. The van der Waals surface area contributed by atoms with Gasteiger partial charge in [0.1, 0.15) is 0 Å². The molecule has 4 nitrogen and oxygen atoms in total. The van der Waals surface area contributed by atoms with Crippen molar-refractivity contribution < 1.29 is 15.1 Å². The normalized spacial score (nSPS) is 13.1. The van der Waals surface area contributed by atoms with Crippen molar-refractivity contribution in [3.63, 3.8) is 0 Å². The van der Waals surface area contributed by atoms with E-state index in [0.29, 0.717) is 0 Å². The van der Waals surface area contributed by atoms with Crippen LogP contribution in [0.3, 0.4) is 0 Å². The number of hydrogen-bond acceptors (Lipinski definition) is 2. The molecule has 6 heteroatoms. The van der Waals surface area contributed by atoms with Crippen molar-refractivity contribution in [2.75, 3.05) is 0 Å². The molecule has 0 atom stereocenters. The number of nitrogens with one attached hydrogen (secondary N) is 2. The minimum absolute atomic E-state index is 0.974. The molecule has 0 unspecified atom stereocenters. The predicted octanol–water partition coefficient (Wildman–Crippen LogP) is 10.7. The predicted molar refractivity (Wildman–Crippen MR) is 179 cm³/mol. The molecule has 5 rings (SSSR count). The fraction of sp³-hybridized carbons (Fsp3) is 0.444. The second-order valence-corrected chi connectivity index (χ2v) is 10.9. The molecule has 0 aliphatic carbocycles. The van der Waals surface area contributed by atoms with E-state index >= 15 is 0 Å². The summed E-state index contributed by atoms with van der Waals surface area (Å²) in [6, 6.07) is 9.24. The van der Waals surface area contributed by atoms with Crippen molar-refractivity contribution in [2.24, 2.45) is 0 Å². The van der Waals surface area contributed by atoms with Gasteiger partial charge < -0.3 is 9.97 Å². The van der Waals surface area contributed by atoms with E-state index in [1.54, 1.807) is 0 Å². The number of aryl methyl sites for hydroxylation is 4. The second kappa shape index (κ2) is 14.3. The number of aromatic amines is 2. The molecule has 224 valence electrons. The molecule has 0 spiro atoms. The van der Waals surface area contributed by atoms with Crippen LogP contribution in [-0.4, -0.2) is 19.9 Å². The number of allylic oxidation sites excluding steroid dienone is 4. The van der Waals surface area contributed by atoms with Gasteiger partial charge in [0.05, 0.1) is 22.8 Å². The Bertz CT molecular complexity index is 1450. The Morgan fingerprint density at radius 2 is 0.643 bits per heavy atom. The molecule has 2 N–H and O–H groups in total. The average molecular weight is 625 g/mol. The van der Waals surface area contributed by atoms with Crippen molar-refractivity contribution in [3.05, 3.63) is 69.3 Å². The molecular formula is C36H46ClMnN4. The first-order valence-electron chi connectivity index (χ1n) is 15.8. The van der Waals surface area contributed by atoms with E-state index in [2.05, 4.69) is 115 Å². The van der Waals surface area contributed by atoms with Crippen LogP contribution in [0.15, 0.2) is 24.3 Å². The number of fused-ring (bicyclic) bond motifs is 8. The van der Waals surface area contributed by atoms with Gasteiger partial charge in [-0.1, -0.05) is 55.4 Å². The molecule has 0 saturated heterocycles. The summed E-state index contributed by atoms with van der Waals surface area (Å²) in [6.45, 7) is 18.1. The molecule has 0 amide bonds. The summed E-state index contributed by atoms with van der Waals surface area (Å²) in [7, 11) is 4.45. The van der Waals surface area contributed by atoms with E-state index < -0.39 is 0 Å². The van der Waals surface area contributed by atoms with Gasteiger partial charge >= 0.3 is 25.2 Å². The summed E-state index contributed by atoms with van der Waals surface area (Å²) in [6.07, 6.45) is 7.84. The average Bonchev–Trinajstić information content (AvgIpc) is 3.73. The first kappa shape index (κ1) is 32.3. The Kier molecular flexibility index (Phi) is 11.0. The van der Waals surface area contributed by atoms with E-state index in [-0.39, 0.29) is 0 Å². The van der Waals surface area contributed by atoms with Crippen molar-refractivity contribution in [1.29, 1.82) is 0 Å². The first-order chi connectivity index (χ1) is 20.5. The fourth-order valence-corrected chi connectivity index (χ4v) is 7.10. The molecule has 5 heterocycles. The zero-order valence-electron chi connectivity index (χ0n) is 26.6. The number of rotatable bonds is 8. The Hall–Kier alpha value is -2.59. The van der Waals surface area contributed by atoms with E-state index in [1.807, 2.05) is 0 Å². The molecule has 2 aliphatic heterocycles. The summed E-state index contributed by atoms with van der Waals surface area (Å²) in [5, 5.41) is 0. The zero-order chi connectivity index (χ0) is 30.6. The van der Waals surface area contributed by atoms with Crippen LogP contribution < -0.4 is 0 Å². The molecule has 3 aromatic heterocycles. The van der Waals surface area contributed by atoms with Gasteiger partial charge in [-0.25, -0.2) is 9.97 Å². The van der Waals surface area contributed by atoms with Gasteiger partial charge in [-0.2, -0.15) is 0 Å². The molecule has 42 heavy (non-hydrogen) atoms. The molecule has 0 fully saturated rings. The summed E-state index contributed by atoms with van der Waals surface area (Å²) < 4.78 is 0. The summed E-state index contributed by atoms with van der Waals surface area (Å²) in [4.78, 5) is 18.2. The van der Waals surface area contributed by atoms with Crippen molar-refractivity contribution in [2.45, 2.75) is 107 Å². The van der Waals surface area contributed by atoms with E-state index in [0.717, 1.165) is 74.1 Å². The Morgan fingerprint density at radius 1 is 0.429 bits per heavy atom. The molecule has 0 radical (unpaired) electrons. The monoisotopic (exact) mass is 624 g/mol. The third kappa shape index (κ3) is 5.68. The van der Waals surface area contributed by atoms with Gasteiger partial charge in [-0.3, -0.25) is 0 Å². The standard InChI is InChI=1S/C36H46N4.ClH.Mn/c1-9-21-22(10-2)30-18-32-25(13-5)26(14-6)34(39-32)20-36-28(16-8)27(15-7)35(40-36)19-33-24(12-4)23(11-3)31(38-33)17-29(21)37-30;;/h17-20,37,40H,9-16H2,1-8H3;1H;/q;;+1/p-1. The maximum atomic E-state index is 5.29. The van der Waals surface area contributed by atoms with E-state index in [1.165, 1.54) is 66.6 Å². The molecule has 2 aliphatic rings. The van der Waals surface area contributed by atoms with E-state index in [4.69, 9.17) is 9.97 Å². The third-order valence-electron chi connectivity index (χ3n) is 8.97. The van der Waals surface area contributed by atoms with Crippen molar-refractivity contribution in [1.82, 2.24) is 19.9 Å². The SMILES string of the molecule is CCC1=C(CC)c2cc3[nH]c(cc4nc(cc5[nH]c(cc1n2)c(CC)c5CC)C(CC)=C4CC)c(CC)c3CC.[Cl][Mn]. The Labute approximate surface area is 264 Å². The first-order valence-corrected chi connectivity index (χ1v) is 17.5. The summed E-state index contributed by atoms with van der Waals surface area (Å²) >= 11 is 2.41. The Morgan fingerprint density at radius 3 is 0.810 bits per heavy atom. The number of aromatic nitrogens is 4. The van der Waals surface area contributed by atoms with Crippen LogP contribution >= 0.6 is 10.1 Å². The quantitative estimate of drug-likeness (QED) is 0.245. The van der Waals surface area contributed by atoms with Crippen LogP contribution in [0.2, 0.25) is 0 Å². The Balaban J connectivity index is 0.00000198. The number of H-pyrrole nitrogens is 2. The van der Waals surface area contributed by atoms with Crippen LogP contribution in [0.25, 0.3) is 44.4 Å². The van der Waals surface area contributed by atoms with Crippen LogP contribution in [0.4, 0.5) is 0 Å². The molecule has 3 aromatic rings. The van der Waals surface area contributed by atoms with Gasteiger partial charge in [-0.05, 0) is 120 Å². The van der Waals surface area contributed by atoms with Crippen LogP contribution in [0.5, 0.6) is 0 Å². The maximum absolute atomic E-state index is 5.29. The number of nitrogens with zero attached hydrogens (tertiary/aromatic N) is 2. The van der Waals surface area contributed by atoms with Crippen LogP contribution in [-0.2, 0) is 40.8 Å². The second-order valence-electron chi connectivity index (χ2n) is 10.9. The third-order valence-corrected chi connectivity index (χ3v) is 8.97. The van der Waals surface area contributed by atoms with Crippen molar-refractivity contribution in [3.8, 4) is 0 Å². The van der Waals surface area contributed by atoms with Gasteiger partial charge in [0.2, 0.25) is 0 Å². The van der Waals surface area contributed by atoms with Crippen molar-refractivity contribution >= 4 is 54.5 Å². The van der Waals surface area contributed by atoms with Gasteiger partial charge in [0.15, 0.2) is 0 Å². The number of halogens is 1.